The lowest BCUT2D eigenvalue weighted by molar-refractivity contribution is -0.107. The Morgan fingerprint density at radius 2 is 1.59 bits per heavy atom. The molecule has 0 radical (unpaired) electrons. The number of aryl methyl sites for hydroxylation is 2. The summed E-state index contributed by atoms with van der Waals surface area (Å²) in [5.41, 5.74) is 6.03. The van der Waals surface area contributed by atoms with Gasteiger partial charge in [0.05, 0.1) is 0 Å². The molecular weight excluding hydrogens is 208 g/mol. The number of carbonyl (C=O) groups excluding carboxylic acids is 1. The monoisotopic (exact) mass is 224 g/mol. The van der Waals surface area contributed by atoms with E-state index in [0.29, 0.717) is 6.42 Å². The zero-order valence-electron chi connectivity index (χ0n) is 10.2. The fourth-order valence-electron chi connectivity index (χ4n) is 2.27. The van der Waals surface area contributed by atoms with Gasteiger partial charge < -0.3 is 4.79 Å². The third-order valence-corrected chi connectivity index (χ3v) is 3.07. The minimum Gasteiger partial charge on any atom is -0.303 e. The SMILES string of the molecule is Cc1cccc(C)c1-c1ccccc1CC=O. The van der Waals surface area contributed by atoms with Crippen molar-refractivity contribution in [2.45, 2.75) is 20.3 Å². The van der Waals surface area contributed by atoms with E-state index in [4.69, 9.17) is 0 Å². The molecule has 0 fully saturated rings. The van der Waals surface area contributed by atoms with Crippen LogP contribution in [0.25, 0.3) is 11.1 Å². The summed E-state index contributed by atoms with van der Waals surface area (Å²) in [6, 6.07) is 14.4. The Morgan fingerprint density at radius 3 is 2.24 bits per heavy atom. The predicted octanol–water partition coefficient (Wildman–Crippen LogP) is 3.71. The zero-order valence-corrected chi connectivity index (χ0v) is 10.2. The van der Waals surface area contributed by atoms with Crippen LogP contribution in [-0.4, -0.2) is 6.29 Å². The maximum absolute atomic E-state index is 10.7. The maximum atomic E-state index is 10.7. The van der Waals surface area contributed by atoms with Crippen LogP contribution in [0.4, 0.5) is 0 Å². The summed E-state index contributed by atoms with van der Waals surface area (Å²) in [5, 5.41) is 0. The maximum Gasteiger partial charge on any atom is 0.124 e. The number of carbonyl (C=O) groups is 1. The van der Waals surface area contributed by atoms with Gasteiger partial charge in [0.2, 0.25) is 0 Å². The molecule has 0 heterocycles. The lowest BCUT2D eigenvalue weighted by Crippen LogP contribution is -1.94. The predicted molar refractivity (Wildman–Crippen MR) is 71.1 cm³/mol. The number of hydrogen-bond acceptors (Lipinski definition) is 1. The van der Waals surface area contributed by atoms with E-state index in [-0.39, 0.29) is 0 Å². The van der Waals surface area contributed by atoms with Crippen molar-refractivity contribution < 1.29 is 4.79 Å². The van der Waals surface area contributed by atoms with Gasteiger partial charge in [-0.2, -0.15) is 0 Å². The first kappa shape index (κ1) is 11.6. The fourth-order valence-corrected chi connectivity index (χ4v) is 2.27. The summed E-state index contributed by atoms with van der Waals surface area (Å²) >= 11 is 0. The Morgan fingerprint density at radius 1 is 0.941 bits per heavy atom. The van der Waals surface area contributed by atoms with Gasteiger partial charge in [0.25, 0.3) is 0 Å². The first-order valence-electron chi connectivity index (χ1n) is 5.82. The largest absolute Gasteiger partial charge is 0.303 e. The van der Waals surface area contributed by atoms with E-state index in [0.717, 1.165) is 11.8 Å². The van der Waals surface area contributed by atoms with Crippen molar-refractivity contribution in [1.29, 1.82) is 0 Å². The van der Waals surface area contributed by atoms with Gasteiger partial charge in [0, 0.05) is 6.42 Å². The van der Waals surface area contributed by atoms with Crippen LogP contribution in [0.2, 0.25) is 0 Å². The van der Waals surface area contributed by atoms with Crippen molar-refractivity contribution in [2.75, 3.05) is 0 Å². The van der Waals surface area contributed by atoms with E-state index < -0.39 is 0 Å². The molecule has 0 saturated heterocycles. The average Bonchev–Trinajstić information content (AvgIpc) is 2.31. The molecule has 1 nitrogen and oxygen atoms in total. The number of aldehydes is 1. The molecule has 0 N–H and O–H groups in total. The van der Waals surface area contributed by atoms with Crippen molar-refractivity contribution in [3.63, 3.8) is 0 Å². The van der Waals surface area contributed by atoms with E-state index in [9.17, 15) is 4.79 Å². The second-order valence-corrected chi connectivity index (χ2v) is 4.29. The van der Waals surface area contributed by atoms with Crippen LogP contribution in [0.15, 0.2) is 42.5 Å². The lowest BCUT2D eigenvalue weighted by Gasteiger charge is -2.13. The van der Waals surface area contributed by atoms with Crippen LogP contribution < -0.4 is 0 Å². The highest BCUT2D eigenvalue weighted by molar-refractivity contribution is 5.76. The van der Waals surface area contributed by atoms with Crippen LogP contribution >= 0.6 is 0 Å². The van der Waals surface area contributed by atoms with Crippen molar-refractivity contribution in [2.24, 2.45) is 0 Å². The van der Waals surface area contributed by atoms with Gasteiger partial charge in [-0.05, 0) is 41.7 Å². The normalized spacial score (nSPS) is 10.2. The summed E-state index contributed by atoms with van der Waals surface area (Å²) < 4.78 is 0. The summed E-state index contributed by atoms with van der Waals surface area (Å²) in [4.78, 5) is 10.7. The molecule has 0 aliphatic heterocycles. The van der Waals surface area contributed by atoms with Gasteiger partial charge in [-0.25, -0.2) is 0 Å². The molecule has 0 bridgehead atoms. The Labute approximate surface area is 102 Å². The average molecular weight is 224 g/mol. The van der Waals surface area contributed by atoms with Gasteiger partial charge in [-0.1, -0.05) is 42.5 Å². The quantitative estimate of drug-likeness (QED) is 0.726. The number of benzene rings is 2. The molecule has 1 heteroatoms. The van der Waals surface area contributed by atoms with Crippen LogP contribution in [0, 0.1) is 13.8 Å². The van der Waals surface area contributed by atoms with E-state index in [1.807, 2.05) is 18.2 Å². The third-order valence-electron chi connectivity index (χ3n) is 3.07. The first-order chi connectivity index (χ1) is 8.24. The highest BCUT2D eigenvalue weighted by Crippen LogP contribution is 2.29. The molecule has 0 aliphatic rings. The van der Waals surface area contributed by atoms with Crippen LogP contribution in [0.3, 0.4) is 0 Å². The van der Waals surface area contributed by atoms with E-state index in [2.05, 4.69) is 38.1 Å². The molecule has 0 amide bonds. The van der Waals surface area contributed by atoms with E-state index in [1.54, 1.807) is 0 Å². The number of rotatable bonds is 3. The van der Waals surface area contributed by atoms with Crippen molar-refractivity contribution >= 4 is 6.29 Å². The highest BCUT2D eigenvalue weighted by atomic mass is 16.1. The van der Waals surface area contributed by atoms with Crippen LogP contribution in [0.1, 0.15) is 16.7 Å². The van der Waals surface area contributed by atoms with E-state index >= 15 is 0 Å². The van der Waals surface area contributed by atoms with Crippen molar-refractivity contribution in [1.82, 2.24) is 0 Å². The summed E-state index contributed by atoms with van der Waals surface area (Å²) in [6.07, 6.45) is 1.44. The summed E-state index contributed by atoms with van der Waals surface area (Å²) in [7, 11) is 0. The minimum atomic E-state index is 0.476. The molecule has 0 aromatic heterocycles. The van der Waals surface area contributed by atoms with Gasteiger partial charge in [0.1, 0.15) is 6.29 Å². The van der Waals surface area contributed by atoms with Gasteiger partial charge in [-0.15, -0.1) is 0 Å². The van der Waals surface area contributed by atoms with Crippen LogP contribution in [0.5, 0.6) is 0 Å². The minimum absolute atomic E-state index is 0.476. The first-order valence-corrected chi connectivity index (χ1v) is 5.82. The molecule has 2 aromatic rings. The molecule has 17 heavy (non-hydrogen) atoms. The summed E-state index contributed by atoms with van der Waals surface area (Å²) in [6.45, 7) is 4.22. The second-order valence-electron chi connectivity index (χ2n) is 4.29. The van der Waals surface area contributed by atoms with Crippen LogP contribution in [-0.2, 0) is 11.2 Å². The Kier molecular flexibility index (Phi) is 3.38. The molecule has 0 spiro atoms. The Balaban J connectivity index is 2.64. The molecule has 2 aromatic carbocycles. The van der Waals surface area contributed by atoms with Crippen molar-refractivity contribution in [3.05, 3.63) is 59.2 Å². The molecule has 2 rings (SSSR count). The second kappa shape index (κ2) is 4.96. The Hall–Kier alpha value is -1.89. The third kappa shape index (κ3) is 2.28. The molecule has 0 saturated carbocycles. The fraction of sp³-hybridized carbons (Fsp3) is 0.188. The summed E-state index contributed by atoms with van der Waals surface area (Å²) in [5.74, 6) is 0. The molecule has 86 valence electrons. The lowest BCUT2D eigenvalue weighted by atomic mass is 9.91. The van der Waals surface area contributed by atoms with Crippen molar-refractivity contribution in [3.8, 4) is 11.1 Å². The van der Waals surface area contributed by atoms with Gasteiger partial charge >= 0.3 is 0 Å². The van der Waals surface area contributed by atoms with E-state index in [1.165, 1.54) is 22.3 Å². The standard InChI is InChI=1S/C16H16O/c1-12-6-5-7-13(2)16(12)15-9-4-3-8-14(15)10-11-17/h3-9,11H,10H2,1-2H3. The van der Waals surface area contributed by atoms with Gasteiger partial charge in [-0.3, -0.25) is 0 Å². The molecule has 0 atom stereocenters. The number of hydrogen-bond donors (Lipinski definition) is 0. The smallest absolute Gasteiger partial charge is 0.124 e. The topological polar surface area (TPSA) is 17.1 Å². The highest BCUT2D eigenvalue weighted by Gasteiger charge is 2.08. The molecular formula is C16H16O. The zero-order chi connectivity index (χ0) is 12.3. The van der Waals surface area contributed by atoms with Gasteiger partial charge in [0.15, 0.2) is 0 Å². The Bertz CT molecular complexity index is 521. The molecule has 0 unspecified atom stereocenters. The molecule has 0 aliphatic carbocycles.